The predicted molar refractivity (Wildman–Crippen MR) is 77.7 cm³/mol. The van der Waals surface area contributed by atoms with E-state index in [0.717, 1.165) is 31.4 Å². The van der Waals surface area contributed by atoms with Crippen molar-refractivity contribution in [1.29, 1.82) is 0 Å². The number of rotatable bonds is 2. The Morgan fingerprint density at radius 2 is 1.95 bits per heavy atom. The van der Waals surface area contributed by atoms with Gasteiger partial charge in [0, 0.05) is 10.5 Å². The summed E-state index contributed by atoms with van der Waals surface area (Å²) in [5.41, 5.74) is 5.24. The fourth-order valence-electron chi connectivity index (χ4n) is 2.51. The van der Waals surface area contributed by atoms with Gasteiger partial charge in [-0.1, -0.05) is 12.8 Å². The molecule has 0 radical (unpaired) electrons. The second-order valence-corrected chi connectivity index (χ2v) is 6.09. The Morgan fingerprint density at radius 3 is 2.57 bits per heavy atom. The summed E-state index contributed by atoms with van der Waals surface area (Å²) < 4.78 is 38.5. The van der Waals surface area contributed by atoms with Crippen LogP contribution < -0.4 is 11.1 Å². The van der Waals surface area contributed by atoms with E-state index in [1.165, 1.54) is 6.07 Å². The molecule has 3 N–H and O–H groups in total. The van der Waals surface area contributed by atoms with Crippen LogP contribution in [0, 0.1) is 5.92 Å². The van der Waals surface area contributed by atoms with Crippen LogP contribution in [0.3, 0.4) is 0 Å². The molecule has 2 rings (SSSR count). The molecule has 1 aromatic rings. The summed E-state index contributed by atoms with van der Waals surface area (Å²) in [4.78, 5) is 12.2. The fraction of sp³-hybridized carbons (Fsp3) is 0.500. The van der Waals surface area contributed by atoms with Gasteiger partial charge >= 0.3 is 6.18 Å². The number of halogens is 4. The lowest BCUT2D eigenvalue weighted by Crippen LogP contribution is -2.40. The van der Waals surface area contributed by atoms with Crippen molar-refractivity contribution in [3.8, 4) is 0 Å². The Balaban J connectivity index is 2.16. The lowest BCUT2D eigenvalue weighted by atomic mass is 9.84. The Morgan fingerprint density at radius 1 is 1.29 bits per heavy atom. The highest BCUT2D eigenvalue weighted by molar-refractivity contribution is 9.10. The summed E-state index contributed by atoms with van der Waals surface area (Å²) in [5, 5.41) is 2.56. The zero-order valence-electron chi connectivity index (χ0n) is 11.2. The van der Waals surface area contributed by atoms with Crippen LogP contribution in [-0.2, 0) is 11.0 Å². The van der Waals surface area contributed by atoms with Crippen molar-refractivity contribution >= 4 is 27.5 Å². The van der Waals surface area contributed by atoms with Crippen molar-refractivity contribution in [2.45, 2.75) is 37.9 Å². The van der Waals surface area contributed by atoms with Crippen LogP contribution in [0.25, 0.3) is 0 Å². The van der Waals surface area contributed by atoms with E-state index in [1.54, 1.807) is 0 Å². The molecule has 0 spiro atoms. The van der Waals surface area contributed by atoms with Crippen molar-refractivity contribution in [3.05, 3.63) is 28.2 Å². The zero-order valence-corrected chi connectivity index (χ0v) is 12.8. The largest absolute Gasteiger partial charge is 0.416 e. The van der Waals surface area contributed by atoms with E-state index in [0.29, 0.717) is 10.9 Å². The van der Waals surface area contributed by atoms with Crippen molar-refractivity contribution in [2.75, 3.05) is 5.32 Å². The van der Waals surface area contributed by atoms with E-state index in [9.17, 15) is 18.0 Å². The van der Waals surface area contributed by atoms with E-state index in [1.807, 2.05) is 0 Å². The lowest BCUT2D eigenvalue weighted by molar-refractivity contribution is -0.137. The molecule has 1 fully saturated rings. The van der Waals surface area contributed by atoms with Gasteiger partial charge in [-0.25, -0.2) is 0 Å². The molecule has 0 aliphatic heterocycles. The van der Waals surface area contributed by atoms with E-state index in [-0.39, 0.29) is 23.6 Å². The third-order valence-electron chi connectivity index (χ3n) is 3.71. The molecule has 1 amide bonds. The van der Waals surface area contributed by atoms with Gasteiger partial charge in [-0.2, -0.15) is 13.2 Å². The maximum Gasteiger partial charge on any atom is 0.416 e. The van der Waals surface area contributed by atoms with Gasteiger partial charge in [-0.15, -0.1) is 0 Å². The molecule has 0 bridgehead atoms. The Labute approximate surface area is 129 Å². The second-order valence-electron chi connectivity index (χ2n) is 5.24. The second kappa shape index (κ2) is 6.36. The minimum absolute atomic E-state index is 0.118. The van der Waals surface area contributed by atoms with Crippen molar-refractivity contribution in [1.82, 2.24) is 0 Å². The smallest absolute Gasteiger partial charge is 0.327 e. The average molecular weight is 365 g/mol. The van der Waals surface area contributed by atoms with Gasteiger partial charge in [0.1, 0.15) is 0 Å². The molecule has 0 saturated heterocycles. The van der Waals surface area contributed by atoms with Crippen LogP contribution in [0.2, 0.25) is 0 Å². The Kier molecular flexibility index (Phi) is 4.93. The molecule has 116 valence electrons. The molecule has 21 heavy (non-hydrogen) atoms. The number of nitrogens with one attached hydrogen (secondary N) is 1. The summed E-state index contributed by atoms with van der Waals surface area (Å²) >= 11 is 3.15. The minimum atomic E-state index is -4.44. The molecule has 1 saturated carbocycles. The fourth-order valence-corrected chi connectivity index (χ4v) is 2.85. The topological polar surface area (TPSA) is 55.1 Å². The third kappa shape index (κ3) is 3.97. The first-order valence-electron chi connectivity index (χ1n) is 6.72. The van der Waals surface area contributed by atoms with Crippen LogP contribution in [0.1, 0.15) is 31.2 Å². The number of hydrogen-bond donors (Lipinski definition) is 2. The number of amides is 1. The highest BCUT2D eigenvalue weighted by Gasteiger charge is 2.32. The SMILES string of the molecule is NC1CCCCC1C(=O)Nc1cc(C(F)(F)F)ccc1Br. The van der Waals surface area contributed by atoms with E-state index in [4.69, 9.17) is 5.73 Å². The Bertz CT molecular complexity index is 533. The first-order chi connectivity index (χ1) is 9.79. The highest BCUT2D eigenvalue weighted by atomic mass is 79.9. The highest BCUT2D eigenvalue weighted by Crippen LogP contribution is 2.34. The van der Waals surface area contributed by atoms with Gasteiger partial charge in [0.15, 0.2) is 0 Å². The van der Waals surface area contributed by atoms with Gasteiger partial charge in [0.2, 0.25) is 5.91 Å². The summed E-state index contributed by atoms with van der Waals surface area (Å²) in [6.07, 6.45) is -1.11. The predicted octanol–water partition coefficient (Wildman–Crippen LogP) is 3.92. The number of carbonyl (C=O) groups excluding carboxylic acids is 1. The zero-order chi connectivity index (χ0) is 15.6. The number of hydrogen-bond acceptors (Lipinski definition) is 2. The average Bonchev–Trinajstić information content (AvgIpc) is 2.40. The van der Waals surface area contributed by atoms with Gasteiger partial charge in [0.25, 0.3) is 0 Å². The third-order valence-corrected chi connectivity index (χ3v) is 4.40. The lowest BCUT2D eigenvalue weighted by Gasteiger charge is -2.27. The van der Waals surface area contributed by atoms with E-state index in [2.05, 4.69) is 21.2 Å². The maximum atomic E-state index is 12.7. The quantitative estimate of drug-likeness (QED) is 0.835. The van der Waals surface area contributed by atoms with E-state index < -0.39 is 11.7 Å². The van der Waals surface area contributed by atoms with Crippen LogP contribution in [-0.4, -0.2) is 11.9 Å². The number of benzene rings is 1. The monoisotopic (exact) mass is 364 g/mol. The molecular formula is C14H16BrF3N2O. The normalized spacial score (nSPS) is 22.9. The van der Waals surface area contributed by atoms with Crippen LogP contribution >= 0.6 is 15.9 Å². The Hall–Kier alpha value is -1.08. The maximum absolute atomic E-state index is 12.7. The molecule has 0 heterocycles. The standard InChI is InChI=1S/C14H16BrF3N2O/c15-10-6-5-8(14(16,17)18)7-12(10)20-13(21)9-3-1-2-4-11(9)19/h5-7,9,11H,1-4,19H2,(H,20,21). The van der Waals surface area contributed by atoms with Gasteiger partial charge < -0.3 is 11.1 Å². The molecule has 1 aliphatic carbocycles. The van der Waals surface area contributed by atoms with Crippen LogP contribution in [0.5, 0.6) is 0 Å². The molecular weight excluding hydrogens is 349 g/mol. The first kappa shape index (κ1) is 16.3. The molecule has 2 unspecified atom stereocenters. The molecule has 1 aromatic carbocycles. The number of nitrogens with two attached hydrogens (primary N) is 1. The molecule has 2 atom stereocenters. The summed E-state index contributed by atoms with van der Waals surface area (Å²) in [6, 6.07) is 2.94. The van der Waals surface area contributed by atoms with Crippen molar-refractivity contribution < 1.29 is 18.0 Å². The number of alkyl halides is 3. The van der Waals surface area contributed by atoms with Crippen LogP contribution in [0.15, 0.2) is 22.7 Å². The minimum Gasteiger partial charge on any atom is -0.327 e. The van der Waals surface area contributed by atoms with Crippen LogP contribution in [0.4, 0.5) is 18.9 Å². The number of carbonyl (C=O) groups is 1. The van der Waals surface area contributed by atoms with Crippen molar-refractivity contribution in [2.24, 2.45) is 11.7 Å². The number of anilines is 1. The van der Waals surface area contributed by atoms with Crippen molar-refractivity contribution in [3.63, 3.8) is 0 Å². The van der Waals surface area contributed by atoms with E-state index >= 15 is 0 Å². The molecule has 3 nitrogen and oxygen atoms in total. The molecule has 1 aliphatic rings. The van der Waals surface area contributed by atoms with Gasteiger partial charge in [-0.05, 0) is 47.0 Å². The summed E-state index contributed by atoms with van der Waals surface area (Å²) in [6.45, 7) is 0. The first-order valence-corrected chi connectivity index (χ1v) is 7.51. The molecule has 0 aromatic heterocycles. The van der Waals surface area contributed by atoms with Gasteiger partial charge in [-0.3, -0.25) is 4.79 Å². The summed E-state index contributed by atoms with van der Waals surface area (Å²) in [7, 11) is 0. The summed E-state index contributed by atoms with van der Waals surface area (Å²) in [5.74, 6) is -0.664. The van der Waals surface area contributed by atoms with Gasteiger partial charge in [0.05, 0.1) is 17.2 Å². The molecule has 7 heteroatoms.